The number of aryl methyl sites for hydroxylation is 2. The highest BCUT2D eigenvalue weighted by Crippen LogP contribution is 2.27. The van der Waals surface area contributed by atoms with Crippen LogP contribution in [0.4, 0.5) is 4.39 Å². The smallest absolute Gasteiger partial charge is 0.127 e. The predicted octanol–water partition coefficient (Wildman–Crippen LogP) is 7.84. The second-order valence-corrected chi connectivity index (χ2v) is 7.29. The van der Waals surface area contributed by atoms with Crippen LogP contribution in [0.15, 0.2) is 66.7 Å². The largest absolute Gasteiger partial charge is 0.207 e. The zero-order valence-electron chi connectivity index (χ0n) is 16.5. The van der Waals surface area contributed by atoms with Crippen LogP contribution < -0.4 is 0 Å². The van der Waals surface area contributed by atoms with E-state index in [0.29, 0.717) is 0 Å². The first-order valence-electron chi connectivity index (χ1n) is 10.2. The van der Waals surface area contributed by atoms with Gasteiger partial charge in [0, 0.05) is 0 Å². The van der Waals surface area contributed by atoms with Crippen LogP contribution in [0, 0.1) is 5.82 Å². The van der Waals surface area contributed by atoms with E-state index in [9.17, 15) is 4.39 Å². The molecule has 0 aromatic heterocycles. The maximum Gasteiger partial charge on any atom is 0.127 e. The quantitative estimate of drug-likeness (QED) is 0.359. The second kappa shape index (κ2) is 9.50. The third kappa shape index (κ3) is 5.07. The molecule has 0 atom stereocenters. The molecule has 0 fully saturated rings. The first-order chi connectivity index (χ1) is 13.2. The molecule has 3 rings (SSSR count). The fraction of sp³-hybridized carbons (Fsp3) is 0.308. The lowest BCUT2D eigenvalue weighted by Crippen LogP contribution is -1.90. The van der Waals surface area contributed by atoms with E-state index in [-0.39, 0.29) is 5.82 Å². The molecule has 0 aliphatic heterocycles. The average Bonchev–Trinajstić information content (AvgIpc) is 2.71. The molecule has 27 heavy (non-hydrogen) atoms. The second-order valence-electron chi connectivity index (χ2n) is 7.29. The van der Waals surface area contributed by atoms with Crippen molar-refractivity contribution in [2.45, 2.75) is 52.4 Å². The van der Waals surface area contributed by atoms with Crippen molar-refractivity contribution in [3.8, 4) is 22.3 Å². The predicted molar refractivity (Wildman–Crippen MR) is 114 cm³/mol. The van der Waals surface area contributed by atoms with Crippen LogP contribution in [0.3, 0.4) is 0 Å². The van der Waals surface area contributed by atoms with Crippen LogP contribution in [-0.4, -0.2) is 0 Å². The van der Waals surface area contributed by atoms with Gasteiger partial charge in [-0.25, -0.2) is 4.39 Å². The number of benzene rings is 3. The Hall–Kier alpha value is -2.41. The Bertz CT molecular complexity index is 844. The third-order valence-electron chi connectivity index (χ3n) is 5.15. The van der Waals surface area contributed by atoms with E-state index < -0.39 is 0 Å². The molecule has 0 spiro atoms. The Kier molecular flexibility index (Phi) is 6.81. The summed E-state index contributed by atoms with van der Waals surface area (Å²) >= 11 is 0. The van der Waals surface area contributed by atoms with Gasteiger partial charge >= 0.3 is 0 Å². The summed E-state index contributed by atoms with van der Waals surface area (Å²) in [5.74, 6) is -0.0999. The van der Waals surface area contributed by atoms with Crippen molar-refractivity contribution in [2.75, 3.05) is 0 Å². The number of halogens is 1. The van der Waals surface area contributed by atoms with Crippen LogP contribution in [0.5, 0.6) is 0 Å². The topological polar surface area (TPSA) is 0 Å². The summed E-state index contributed by atoms with van der Waals surface area (Å²) < 4.78 is 14.2. The lowest BCUT2D eigenvalue weighted by molar-refractivity contribution is 0.608. The highest BCUT2D eigenvalue weighted by molar-refractivity contribution is 5.70. The van der Waals surface area contributed by atoms with Crippen LogP contribution in [0.1, 0.15) is 50.7 Å². The molecule has 0 aliphatic rings. The molecule has 3 aromatic rings. The summed E-state index contributed by atoms with van der Waals surface area (Å²) in [5.41, 5.74) is 6.62. The Balaban J connectivity index is 1.72. The molecule has 1 heteroatoms. The van der Waals surface area contributed by atoms with Gasteiger partial charge in [0.05, 0.1) is 0 Å². The van der Waals surface area contributed by atoms with Gasteiger partial charge < -0.3 is 0 Å². The van der Waals surface area contributed by atoms with Gasteiger partial charge in [0.25, 0.3) is 0 Å². The fourth-order valence-corrected chi connectivity index (χ4v) is 3.50. The van der Waals surface area contributed by atoms with E-state index >= 15 is 0 Å². The van der Waals surface area contributed by atoms with E-state index in [1.807, 2.05) is 12.1 Å². The first-order valence-corrected chi connectivity index (χ1v) is 10.2. The monoisotopic (exact) mass is 360 g/mol. The van der Waals surface area contributed by atoms with E-state index in [2.05, 4.69) is 62.4 Å². The van der Waals surface area contributed by atoms with Crippen LogP contribution in [-0.2, 0) is 12.8 Å². The summed E-state index contributed by atoms with van der Waals surface area (Å²) in [6.45, 7) is 4.31. The van der Waals surface area contributed by atoms with Gasteiger partial charge in [-0.3, -0.25) is 0 Å². The zero-order valence-corrected chi connectivity index (χ0v) is 16.5. The molecular weight excluding hydrogens is 331 g/mol. The molecule has 0 bridgehead atoms. The van der Waals surface area contributed by atoms with Gasteiger partial charge in [-0.1, -0.05) is 93.8 Å². The van der Waals surface area contributed by atoms with Crippen molar-refractivity contribution in [3.05, 3.63) is 83.7 Å². The molecule has 0 saturated carbocycles. The summed E-state index contributed by atoms with van der Waals surface area (Å²) in [7, 11) is 0. The minimum absolute atomic E-state index is 0.0999. The molecule has 3 aromatic carbocycles. The van der Waals surface area contributed by atoms with E-state index in [4.69, 9.17) is 0 Å². The van der Waals surface area contributed by atoms with Gasteiger partial charge in [-0.2, -0.15) is 0 Å². The molecule has 0 heterocycles. The number of hydrogen-bond acceptors (Lipinski definition) is 0. The van der Waals surface area contributed by atoms with Crippen molar-refractivity contribution in [3.63, 3.8) is 0 Å². The van der Waals surface area contributed by atoms with Crippen molar-refractivity contribution >= 4 is 0 Å². The third-order valence-corrected chi connectivity index (χ3v) is 5.15. The van der Waals surface area contributed by atoms with Gasteiger partial charge in [-0.05, 0) is 58.7 Å². The summed E-state index contributed by atoms with van der Waals surface area (Å²) in [5, 5.41) is 0. The van der Waals surface area contributed by atoms with E-state index in [1.165, 1.54) is 36.0 Å². The molecular formula is C26H29F. The van der Waals surface area contributed by atoms with Crippen LogP contribution >= 0.6 is 0 Å². The van der Waals surface area contributed by atoms with Gasteiger partial charge in [0.15, 0.2) is 0 Å². The first kappa shape index (κ1) is 19.4. The minimum atomic E-state index is -0.0999. The Morgan fingerprint density at radius 1 is 0.593 bits per heavy atom. The van der Waals surface area contributed by atoms with Crippen molar-refractivity contribution < 1.29 is 4.39 Å². The lowest BCUT2D eigenvalue weighted by atomic mass is 9.97. The summed E-state index contributed by atoms with van der Waals surface area (Å²) in [6, 6.07) is 22.9. The van der Waals surface area contributed by atoms with Crippen LogP contribution in [0.2, 0.25) is 0 Å². The van der Waals surface area contributed by atoms with Crippen molar-refractivity contribution in [1.29, 1.82) is 0 Å². The number of rotatable bonds is 8. The molecule has 140 valence electrons. The van der Waals surface area contributed by atoms with Gasteiger partial charge in [0.2, 0.25) is 0 Å². The maximum atomic E-state index is 14.2. The van der Waals surface area contributed by atoms with Crippen molar-refractivity contribution in [1.82, 2.24) is 0 Å². The van der Waals surface area contributed by atoms with Crippen LogP contribution in [0.25, 0.3) is 22.3 Å². The Morgan fingerprint density at radius 2 is 1.15 bits per heavy atom. The maximum absolute atomic E-state index is 14.2. The van der Waals surface area contributed by atoms with E-state index in [0.717, 1.165) is 36.0 Å². The van der Waals surface area contributed by atoms with Gasteiger partial charge in [-0.15, -0.1) is 0 Å². The van der Waals surface area contributed by atoms with Crippen molar-refractivity contribution in [2.24, 2.45) is 0 Å². The highest BCUT2D eigenvalue weighted by atomic mass is 19.1. The molecule has 0 unspecified atom stereocenters. The average molecular weight is 361 g/mol. The Morgan fingerprint density at radius 3 is 1.70 bits per heavy atom. The van der Waals surface area contributed by atoms with Gasteiger partial charge in [0.1, 0.15) is 5.82 Å². The molecule has 0 aliphatic carbocycles. The fourth-order valence-electron chi connectivity index (χ4n) is 3.50. The standard InChI is InChI=1S/C26H29F/c1-3-5-6-8-20-9-11-21(12-10-20)22-13-15-23(16-14-22)25-18-17-24(7-4-2)26(27)19-25/h9-19H,3-8H2,1-2H3. The summed E-state index contributed by atoms with van der Waals surface area (Å²) in [6.07, 6.45) is 6.73. The SMILES string of the molecule is CCCCCc1ccc(-c2ccc(-c3ccc(CCC)c(F)c3)cc2)cc1. The molecule has 0 amide bonds. The summed E-state index contributed by atoms with van der Waals surface area (Å²) in [4.78, 5) is 0. The lowest BCUT2D eigenvalue weighted by Gasteiger charge is -2.08. The number of hydrogen-bond donors (Lipinski definition) is 0. The number of unbranched alkanes of at least 4 members (excludes halogenated alkanes) is 2. The molecule has 0 radical (unpaired) electrons. The highest BCUT2D eigenvalue weighted by Gasteiger charge is 2.05. The Labute approximate surface area is 163 Å². The normalized spacial score (nSPS) is 10.9. The molecule has 0 saturated heterocycles. The zero-order chi connectivity index (χ0) is 19.1. The minimum Gasteiger partial charge on any atom is -0.207 e. The molecule has 0 N–H and O–H groups in total. The van der Waals surface area contributed by atoms with E-state index in [1.54, 1.807) is 6.07 Å². The molecule has 0 nitrogen and oxygen atoms in total.